The smallest absolute Gasteiger partial charge is 0.338 e. The van der Waals surface area contributed by atoms with Crippen molar-refractivity contribution < 1.29 is 27.1 Å². The van der Waals surface area contributed by atoms with E-state index in [9.17, 15) is 22.3 Å². The number of hydrogen-bond acceptors (Lipinski definition) is 7. The summed E-state index contributed by atoms with van der Waals surface area (Å²) in [5.74, 6) is -2.90. The van der Waals surface area contributed by atoms with Crippen molar-refractivity contribution in [1.82, 2.24) is 14.6 Å². The SMILES string of the molecule is COC(=O)C1=C(C2CCN(S(=O)O)CC2)NC(c2nccs2)=N[C@@H]1c1ccc(F)c(F)c1Cl. The van der Waals surface area contributed by atoms with Gasteiger partial charge in [0.2, 0.25) is 11.3 Å². The molecule has 2 N–H and O–H groups in total. The van der Waals surface area contributed by atoms with E-state index in [0.29, 0.717) is 42.5 Å². The third-order valence-corrected chi connectivity index (χ3v) is 7.53. The van der Waals surface area contributed by atoms with Gasteiger partial charge in [-0.1, -0.05) is 17.7 Å². The number of halogens is 3. The van der Waals surface area contributed by atoms with E-state index in [1.165, 1.54) is 28.8 Å². The number of nitrogens with one attached hydrogen (secondary N) is 1. The number of ether oxygens (including phenoxy) is 1. The van der Waals surface area contributed by atoms with Gasteiger partial charge >= 0.3 is 5.97 Å². The van der Waals surface area contributed by atoms with Crippen LogP contribution in [0, 0.1) is 17.6 Å². The summed E-state index contributed by atoms with van der Waals surface area (Å²) in [6, 6.07) is 1.15. The lowest BCUT2D eigenvalue weighted by Crippen LogP contribution is -2.41. The zero-order valence-corrected chi connectivity index (χ0v) is 19.6. The Morgan fingerprint density at radius 3 is 2.70 bits per heavy atom. The molecule has 3 heterocycles. The molecule has 13 heteroatoms. The summed E-state index contributed by atoms with van der Waals surface area (Å²) in [4.78, 5) is 21.8. The van der Waals surface area contributed by atoms with Crippen LogP contribution in [-0.4, -0.2) is 50.1 Å². The van der Waals surface area contributed by atoms with Crippen molar-refractivity contribution in [3.63, 3.8) is 0 Å². The van der Waals surface area contributed by atoms with Crippen LogP contribution in [0.15, 0.2) is 40.0 Å². The number of nitrogens with zero attached hydrogens (tertiary/aromatic N) is 3. The van der Waals surface area contributed by atoms with Crippen LogP contribution in [0.4, 0.5) is 8.78 Å². The first-order valence-electron chi connectivity index (χ1n) is 9.88. The molecule has 2 aromatic rings. The van der Waals surface area contributed by atoms with E-state index in [1.54, 1.807) is 11.6 Å². The van der Waals surface area contributed by atoms with Crippen molar-refractivity contribution in [2.24, 2.45) is 10.9 Å². The minimum absolute atomic E-state index is 0.109. The Bertz CT molecular complexity index is 1150. The quantitative estimate of drug-likeness (QED) is 0.358. The molecule has 0 spiro atoms. The van der Waals surface area contributed by atoms with Crippen LogP contribution in [-0.2, 0) is 20.8 Å². The summed E-state index contributed by atoms with van der Waals surface area (Å²) in [6.45, 7) is 0.654. The molecule has 0 aliphatic carbocycles. The van der Waals surface area contributed by atoms with Gasteiger partial charge in [0.1, 0.15) is 6.04 Å². The molecule has 1 aromatic heterocycles. The lowest BCUT2D eigenvalue weighted by atomic mass is 9.86. The molecular weight excluding hydrogens is 498 g/mol. The number of allylic oxidation sites excluding steroid dienone is 1. The van der Waals surface area contributed by atoms with Crippen molar-refractivity contribution >= 4 is 46.0 Å². The van der Waals surface area contributed by atoms with Crippen molar-refractivity contribution in [3.05, 3.63) is 62.2 Å². The highest BCUT2D eigenvalue weighted by Crippen LogP contribution is 2.40. The number of aromatic nitrogens is 1. The highest BCUT2D eigenvalue weighted by molar-refractivity contribution is 7.76. The van der Waals surface area contributed by atoms with Gasteiger partial charge in [0.25, 0.3) is 0 Å². The van der Waals surface area contributed by atoms with Crippen molar-refractivity contribution in [3.8, 4) is 0 Å². The Morgan fingerprint density at radius 1 is 1.36 bits per heavy atom. The van der Waals surface area contributed by atoms with Crippen LogP contribution >= 0.6 is 22.9 Å². The number of amidine groups is 1. The first kappa shape index (κ1) is 23.9. The summed E-state index contributed by atoms with van der Waals surface area (Å²) < 4.78 is 55.3. The van der Waals surface area contributed by atoms with E-state index in [1.807, 2.05) is 0 Å². The molecule has 0 amide bonds. The van der Waals surface area contributed by atoms with Crippen molar-refractivity contribution in [2.45, 2.75) is 18.9 Å². The number of aliphatic imine (C=N–C) groups is 1. The predicted molar refractivity (Wildman–Crippen MR) is 120 cm³/mol. The monoisotopic (exact) mass is 516 g/mol. The number of thiazole rings is 1. The Morgan fingerprint density at radius 2 is 2.09 bits per heavy atom. The molecule has 2 atom stereocenters. The Balaban J connectivity index is 1.85. The van der Waals surface area contributed by atoms with E-state index in [4.69, 9.17) is 16.3 Å². The third-order valence-electron chi connectivity index (χ3n) is 5.56. The Kier molecular flexibility index (Phi) is 7.19. The van der Waals surface area contributed by atoms with Gasteiger partial charge in [0.05, 0.1) is 17.7 Å². The molecule has 1 saturated heterocycles. The lowest BCUT2D eigenvalue weighted by Gasteiger charge is -2.35. The molecule has 176 valence electrons. The molecule has 0 bridgehead atoms. The first-order chi connectivity index (χ1) is 15.8. The highest BCUT2D eigenvalue weighted by atomic mass is 35.5. The van der Waals surface area contributed by atoms with Gasteiger partial charge in [-0.15, -0.1) is 11.3 Å². The molecule has 8 nitrogen and oxygen atoms in total. The second-order valence-electron chi connectivity index (χ2n) is 7.36. The molecule has 1 unspecified atom stereocenters. The lowest BCUT2D eigenvalue weighted by molar-refractivity contribution is -0.136. The van der Waals surface area contributed by atoms with Crippen molar-refractivity contribution in [2.75, 3.05) is 20.2 Å². The standard InChI is InChI=1S/C20H19ClF2N4O4S2/c1-31-20(28)13-16(10-4-7-27(8-5-10)33(29)30)25-18(19-24-6-9-32-19)26-17(13)11-2-3-12(22)15(23)14(11)21/h2-3,6,9-10,17H,4-5,7-8H2,1H3,(H,25,26)(H,29,30)/t17-/m1/s1. The zero-order valence-electron chi connectivity index (χ0n) is 17.3. The predicted octanol–water partition coefficient (Wildman–Crippen LogP) is 3.44. The molecule has 0 saturated carbocycles. The van der Waals surface area contributed by atoms with E-state index in [2.05, 4.69) is 15.3 Å². The second kappa shape index (κ2) is 9.94. The number of hydrogen-bond donors (Lipinski definition) is 2. The van der Waals surface area contributed by atoms with Crippen molar-refractivity contribution in [1.29, 1.82) is 0 Å². The number of piperidine rings is 1. The van der Waals surface area contributed by atoms with Crippen LogP contribution < -0.4 is 5.32 Å². The minimum Gasteiger partial charge on any atom is -0.466 e. The summed E-state index contributed by atoms with van der Waals surface area (Å²) in [6.07, 6.45) is 2.54. The minimum atomic E-state index is -2.09. The average molecular weight is 517 g/mol. The molecule has 2 aliphatic heterocycles. The van der Waals surface area contributed by atoms with E-state index < -0.39 is 39.9 Å². The Labute approximate surface area is 199 Å². The van der Waals surface area contributed by atoms with E-state index >= 15 is 0 Å². The molecule has 0 radical (unpaired) electrons. The second-order valence-corrected chi connectivity index (χ2v) is 9.61. The molecule has 1 fully saturated rings. The third kappa shape index (κ3) is 4.71. The Hall–Kier alpha value is -2.25. The van der Waals surface area contributed by atoms with Gasteiger partial charge in [0.15, 0.2) is 22.5 Å². The molecule has 33 heavy (non-hydrogen) atoms. The van der Waals surface area contributed by atoms with Crippen LogP contribution in [0.1, 0.15) is 29.5 Å². The fraction of sp³-hybridized carbons (Fsp3) is 0.350. The van der Waals surface area contributed by atoms with Gasteiger partial charge in [-0.2, -0.15) is 0 Å². The van der Waals surface area contributed by atoms with Gasteiger partial charge in [-0.3, -0.25) is 9.55 Å². The number of benzene rings is 1. The summed E-state index contributed by atoms with van der Waals surface area (Å²) in [5.41, 5.74) is 0.725. The topological polar surface area (TPSA) is 104 Å². The fourth-order valence-corrected chi connectivity index (χ4v) is 5.32. The highest BCUT2D eigenvalue weighted by Gasteiger charge is 2.38. The maximum Gasteiger partial charge on any atom is 0.338 e. The maximum atomic E-state index is 14.3. The van der Waals surface area contributed by atoms with Crippen LogP contribution in [0.2, 0.25) is 5.02 Å². The molecule has 4 rings (SSSR count). The van der Waals surface area contributed by atoms with Crippen LogP contribution in [0.25, 0.3) is 0 Å². The normalized spacial score (nSPS) is 20.9. The summed E-state index contributed by atoms with van der Waals surface area (Å²) >= 11 is 5.37. The number of carbonyl (C=O) groups excluding carboxylic acids is 1. The molecule has 1 aromatic carbocycles. The number of methoxy groups -OCH3 is 1. The van der Waals surface area contributed by atoms with Gasteiger partial charge < -0.3 is 10.1 Å². The molecular formula is C20H19ClF2N4O4S2. The largest absolute Gasteiger partial charge is 0.466 e. The number of esters is 1. The molecule has 2 aliphatic rings. The van der Waals surface area contributed by atoms with Gasteiger partial charge in [-0.05, 0) is 18.9 Å². The van der Waals surface area contributed by atoms with E-state index in [-0.39, 0.29) is 17.1 Å². The fourth-order valence-electron chi connectivity index (χ4n) is 3.95. The van der Waals surface area contributed by atoms with Crippen LogP contribution in [0.3, 0.4) is 0 Å². The maximum absolute atomic E-state index is 14.3. The summed E-state index contributed by atoms with van der Waals surface area (Å²) in [7, 11) is 1.22. The number of carbonyl (C=O) groups is 1. The first-order valence-corrected chi connectivity index (χ1v) is 12.2. The number of rotatable bonds is 5. The van der Waals surface area contributed by atoms with Gasteiger partial charge in [0, 0.05) is 41.8 Å². The summed E-state index contributed by atoms with van der Waals surface area (Å²) in [5, 5.41) is 5.01. The zero-order chi connectivity index (χ0) is 23.7. The van der Waals surface area contributed by atoms with E-state index in [0.717, 1.165) is 6.07 Å². The van der Waals surface area contributed by atoms with Gasteiger partial charge in [-0.25, -0.2) is 27.1 Å². The average Bonchev–Trinajstić information content (AvgIpc) is 3.36. The van der Waals surface area contributed by atoms with Crippen LogP contribution in [0.5, 0.6) is 0 Å².